The van der Waals surface area contributed by atoms with E-state index in [0.29, 0.717) is 11.8 Å². The lowest BCUT2D eigenvalue weighted by Crippen LogP contribution is -2.14. The van der Waals surface area contributed by atoms with Gasteiger partial charge >= 0.3 is 0 Å². The van der Waals surface area contributed by atoms with Crippen LogP contribution in [0.2, 0.25) is 0 Å². The van der Waals surface area contributed by atoms with E-state index in [1.807, 2.05) is 25.1 Å². The molecule has 0 radical (unpaired) electrons. The zero-order valence-corrected chi connectivity index (χ0v) is 10.2. The van der Waals surface area contributed by atoms with Crippen LogP contribution in [0.3, 0.4) is 0 Å². The SMILES string of the molecule is CC(C)C(C)c1cc(F)ccc1N(C)C. The molecule has 0 saturated carbocycles. The molecule has 1 unspecified atom stereocenters. The maximum atomic E-state index is 13.2. The molecule has 0 amide bonds. The van der Waals surface area contributed by atoms with Gasteiger partial charge in [0.1, 0.15) is 5.82 Å². The van der Waals surface area contributed by atoms with Crippen molar-refractivity contribution in [1.29, 1.82) is 0 Å². The minimum atomic E-state index is -0.150. The van der Waals surface area contributed by atoms with Crippen LogP contribution in [-0.4, -0.2) is 14.1 Å². The third-order valence-electron chi connectivity index (χ3n) is 2.96. The number of anilines is 1. The summed E-state index contributed by atoms with van der Waals surface area (Å²) in [7, 11) is 3.98. The van der Waals surface area contributed by atoms with Crippen molar-refractivity contribution in [3.63, 3.8) is 0 Å². The minimum absolute atomic E-state index is 0.150. The molecule has 1 aromatic rings. The quantitative estimate of drug-likeness (QED) is 0.734. The summed E-state index contributed by atoms with van der Waals surface area (Å²) in [5.74, 6) is 0.742. The fraction of sp³-hybridized carbons (Fsp3) is 0.538. The maximum absolute atomic E-state index is 13.2. The first kappa shape index (κ1) is 12.0. The van der Waals surface area contributed by atoms with E-state index in [1.54, 1.807) is 6.07 Å². The van der Waals surface area contributed by atoms with Crippen LogP contribution in [-0.2, 0) is 0 Å². The Labute approximate surface area is 91.9 Å². The van der Waals surface area contributed by atoms with E-state index in [1.165, 1.54) is 6.07 Å². The Bertz CT molecular complexity index is 331. The number of halogens is 1. The molecular weight excluding hydrogens is 189 g/mol. The van der Waals surface area contributed by atoms with Gasteiger partial charge in [0.2, 0.25) is 0 Å². The predicted octanol–water partition coefficient (Wildman–Crippen LogP) is 3.65. The van der Waals surface area contributed by atoms with E-state index in [4.69, 9.17) is 0 Å². The number of hydrogen-bond acceptors (Lipinski definition) is 1. The first-order valence-electron chi connectivity index (χ1n) is 5.40. The molecule has 0 spiro atoms. The molecule has 1 atom stereocenters. The number of benzene rings is 1. The highest BCUT2D eigenvalue weighted by atomic mass is 19.1. The molecule has 0 aromatic heterocycles. The van der Waals surface area contributed by atoms with E-state index < -0.39 is 0 Å². The van der Waals surface area contributed by atoms with Crippen molar-refractivity contribution in [2.45, 2.75) is 26.7 Å². The van der Waals surface area contributed by atoms with Gasteiger partial charge in [-0.05, 0) is 35.6 Å². The summed E-state index contributed by atoms with van der Waals surface area (Å²) in [5, 5.41) is 0. The third-order valence-corrected chi connectivity index (χ3v) is 2.96. The topological polar surface area (TPSA) is 3.24 Å². The molecule has 2 heteroatoms. The van der Waals surface area contributed by atoms with Gasteiger partial charge in [-0.15, -0.1) is 0 Å². The van der Waals surface area contributed by atoms with Gasteiger partial charge < -0.3 is 4.90 Å². The Morgan fingerprint density at radius 1 is 1.13 bits per heavy atom. The largest absolute Gasteiger partial charge is 0.377 e. The molecule has 84 valence electrons. The zero-order chi connectivity index (χ0) is 11.6. The van der Waals surface area contributed by atoms with E-state index >= 15 is 0 Å². The van der Waals surface area contributed by atoms with Gasteiger partial charge in [0.05, 0.1) is 0 Å². The lowest BCUT2D eigenvalue weighted by Gasteiger charge is -2.23. The van der Waals surface area contributed by atoms with Crippen molar-refractivity contribution >= 4 is 5.69 Å². The lowest BCUT2D eigenvalue weighted by molar-refractivity contribution is 0.530. The van der Waals surface area contributed by atoms with E-state index in [-0.39, 0.29) is 5.82 Å². The number of rotatable bonds is 3. The Hall–Kier alpha value is -1.05. The van der Waals surface area contributed by atoms with Crippen molar-refractivity contribution in [1.82, 2.24) is 0 Å². The van der Waals surface area contributed by atoms with Crippen LogP contribution < -0.4 is 4.90 Å². The van der Waals surface area contributed by atoms with Crippen LogP contribution in [0.5, 0.6) is 0 Å². The maximum Gasteiger partial charge on any atom is 0.123 e. The van der Waals surface area contributed by atoms with Crippen LogP contribution in [0, 0.1) is 11.7 Å². The van der Waals surface area contributed by atoms with Crippen LogP contribution in [0.4, 0.5) is 10.1 Å². The van der Waals surface area contributed by atoms with E-state index in [9.17, 15) is 4.39 Å². The second-order valence-corrected chi connectivity index (χ2v) is 4.63. The normalized spacial score (nSPS) is 13.0. The van der Waals surface area contributed by atoms with Gasteiger partial charge in [-0.1, -0.05) is 20.8 Å². The summed E-state index contributed by atoms with van der Waals surface area (Å²) in [4.78, 5) is 2.04. The molecule has 0 aliphatic carbocycles. The molecule has 0 aliphatic rings. The average Bonchev–Trinajstić information content (AvgIpc) is 2.15. The average molecular weight is 209 g/mol. The Morgan fingerprint density at radius 2 is 1.73 bits per heavy atom. The smallest absolute Gasteiger partial charge is 0.123 e. The molecule has 1 nitrogen and oxygen atoms in total. The first-order valence-corrected chi connectivity index (χ1v) is 5.40. The third kappa shape index (κ3) is 2.71. The molecule has 0 N–H and O–H groups in total. The lowest BCUT2D eigenvalue weighted by atomic mass is 9.89. The van der Waals surface area contributed by atoms with E-state index in [2.05, 4.69) is 20.8 Å². The van der Waals surface area contributed by atoms with Crippen molar-refractivity contribution in [2.75, 3.05) is 19.0 Å². The molecule has 0 aliphatic heterocycles. The minimum Gasteiger partial charge on any atom is -0.377 e. The van der Waals surface area contributed by atoms with Gasteiger partial charge in [0.25, 0.3) is 0 Å². The van der Waals surface area contributed by atoms with Crippen LogP contribution in [0.1, 0.15) is 32.3 Å². The second-order valence-electron chi connectivity index (χ2n) is 4.63. The van der Waals surface area contributed by atoms with Gasteiger partial charge in [0, 0.05) is 19.8 Å². The highest BCUT2D eigenvalue weighted by Gasteiger charge is 2.15. The van der Waals surface area contributed by atoms with E-state index in [0.717, 1.165) is 11.3 Å². The van der Waals surface area contributed by atoms with Crippen molar-refractivity contribution in [3.05, 3.63) is 29.6 Å². The van der Waals surface area contributed by atoms with Crippen molar-refractivity contribution in [3.8, 4) is 0 Å². The predicted molar refractivity (Wildman–Crippen MR) is 64.0 cm³/mol. The van der Waals surface area contributed by atoms with Crippen molar-refractivity contribution in [2.24, 2.45) is 5.92 Å². The molecule has 0 bridgehead atoms. The fourth-order valence-corrected chi connectivity index (χ4v) is 1.66. The number of nitrogens with zero attached hydrogens (tertiary/aromatic N) is 1. The Balaban J connectivity index is 3.18. The summed E-state index contributed by atoms with van der Waals surface area (Å²) in [6.07, 6.45) is 0. The molecule has 0 heterocycles. The zero-order valence-electron chi connectivity index (χ0n) is 10.2. The summed E-state index contributed by atoms with van der Waals surface area (Å²) < 4.78 is 13.2. The molecule has 1 rings (SSSR count). The molecular formula is C13H20FN. The second kappa shape index (κ2) is 4.65. The van der Waals surface area contributed by atoms with Crippen LogP contribution >= 0.6 is 0 Å². The Morgan fingerprint density at radius 3 is 2.20 bits per heavy atom. The van der Waals surface area contributed by atoms with Gasteiger partial charge in [-0.3, -0.25) is 0 Å². The molecule has 0 fully saturated rings. The fourth-order valence-electron chi connectivity index (χ4n) is 1.66. The Kier molecular flexibility index (Phi) is 3.72. The first-order chi connectivity index (χ1) is 6.93. The summed E-state index contributed by atoms with van der Waals surface area (Å²) >= 11 is 0. The highest BCUT2D eigenvalue weighted by Crippen LogP contribution is 2.31. The summed E-state index contributed by atoms with van der Waals surface area (Å²) in [6, 6.07) is 5.02. The van der Waals surface area contributed by atoms with Gasteiger partial charge in [0.15, 0.2) is 0 Å². The molecule has 15 heavy (non-hydrogen) atoms. The number of hydrogen-bond donors (Lipinski definition) is 0. The monoisotopic (exact) mass is 209 g/mol. The van der Waals surface area contributed by atoms with Crippen LogP contribution in [0.15, 0.2) is 18.2 Å². The van der Waals surface area contributed by atoms with Gasteiger partial charge in [-0.25, -0.2) is 4.39 Å². The molecule has 1 aromatic carbocycles. The highest BCUT2D eigenvalue weighted by molar-refractivity contribution is 5.54. The van der Waals surface area contributed by atoms with Crippen molar-refractivity contribution < 1.29 is 4.39 Å². The standard InChI is InChI=1S/C13H20FN/c1-9(2)10(3)12-8-11(14)6-7-13(12)15(4)5/h6-10H,1-5H3. The summed E-state index contributed by atoms with van der Waals surface area (Å²) in [6.45, 7) is 6.47. The van der Waals surface area contributed by atoms with Crippen LogP contribution in [0.25, 0.3) is 0 Å². The molecule has 0 saturated heterocycles. The summed E-state index contributed by atoms with van der Waals surface area (Å²) in [5.41, 5.74) is 2.20. The van der Waals surface area contributed by atoms with Gasteiger partial charge in [-0.2, -0.15) is 0 Å².